The Morgan fingerprint density at radius 3 is 1.79 bits per heavy atom. The van der Waals surface area contributed by atoms with Gasteiger partial charge in [0.15, 0.2) is 0 Å². The van der Waals surface area contributed by atoms with Gasteiger partial charge < -0.3 is 14.2 Å². The van der Waals surface area contributed by atoms with Gasteiger partial charge in [-0.15, -0.1) is 0 Å². The summed E-state index contributed by atoms with van der Waals surface area (Å²) < 4.78 is 16.6. The molecular weight excluding hydrogens is 248 g/mol. The Bertz CT molecular complexity index is 417. The molecule has 0 radical (unpaired) electrons. The van der Waals surface area contributed by atoms with E-state index in [1.807, 2.05) is 0 Å². The van der Waals surface area contributed by atoms with Crippen molar-refractivity contribution in [3.8, 4) is 0 Å². The number of carbonyl (C=O) groups is 2. The van der Waals surface area contributed by atoms with Crippen LogP contribution in [0.5, 0.6) is 0 Å². The first-order valence-electron chi connectivity index (χ1n) is 6.66. The minimum absolute atomic E-state index is 0.210. The van der Waals surface area contributed by atoms with Crippen molar-refractivity contribution in [3.05, 3.63) is 12.2 Å². The molecule has 0 bridgehead atoms. The van der Waals surface area contributed by atoms with Crippen LogP contribution in [0.4, 0.5) is 0 Å². The molecule has 2 aliphatic carbocycles. The zero-order valence-corrected chi connectivity index (χ0v) is 11.2. The second-order valence-electron chi connectivity index (χ2n) is 5.67. The van der Waals surface area contributed by atoms with Gasteiger partial charge >= 0.3 is 11.9 Å². The fraction of sp³-hybridized carbons (Fsp3) is 0.714. The zero-order chi connectivity index (χ0) is 13.7. The molecular formula is C14H18O5. The number of hydrogen-bond acceptors (Lipinski definition) is 5. The van der Waals surface area contributed by atoms with Gasteiger partial charge in [-0.1, -0.05) is 12.2 Å². The Balaban J connectivity index is 1.80. The molecule has 5 nitrogen and oxygen atoms in total. The standard InChI is InChI=1S/C14H18O5/c1-9(15)17-11-7-13-5-3-4-6-14(13,19-13)8-12(11)18-10(2)16/h3-4,11-12H,5-8H2,1-2H3/t11-,12+,13-,14+. The Morgan fingerprint density at radius 2 is 1.42 bits per heavy atom. The van der Waals surface area contributed by atoms with Crippen LogP contribution in [0, 0.1) is 0 Å². The molecule has 0 N–H and O–H groups in total. The molecule has 2 fully saturated rings. The number of esters is 2. The molecule has 1 saturated carbocycles. The summed E-state index contributed by atoms with van der Waals surface area (Å²) in [6.45, 7) is 2.75. The lowest BCUT2D eigenvalue weighted by atomic mass is 9.71. The predicted molar refractivity (Wildman–Crippen MR) is 65.3 cm³/mol. The van der Waals surface area contributed by atoms with Gasteiger partial charge in [0.1, 0.15) is 23.4 Å². The summed E-state index contributed by atoms with van der Waals surface area (Å²) in [4.78, 5) is 22.4. The largest absolute Gasteiger partial charge is 0.458 e. The van der Waals surface area contributed by atoms with Crippen molar-refractivity contribution >= 4 is 11.9 Å². The monoisotopic (exact) mass is 266 g/mol. The topological polar surface area (TPSA) is 65.1 Å². The van der Waals surface area contributed by atoms with Gasteiger partial charge in [0.05, 0.1) is 0 Å². The molecule has 104 valence electrons. The summed E-state index contributed by atoms with van der Waals surface area (Å²) in [5, 5.41) is 0. The molecule has 0 spiro atoms. The first kappa shape index (κ1) is 12.7. The summed E-state index contributed by atoms with van der Waals surface area (Å²) in [7, 11) is 0. The van der Waals surface area contributed by atoms with E-state index in [-0.39, 0.29) is 23.1 Å². The minimum atomic E-state index is -0.400. The lowest BCUT2D eigenvalue weighted by Gasteiger charge is -2.36. The number of rotatable bonds is 2. The summed E-state index contributed by atoms with van der Waals surface area (Å²) in [5.41, 5.74) is -0.420. The van der Waals surface area contributed by atoms with Crippen LogP contribution in [-0.2, 0) is 23.8 Å². The number of hydrogen-bond donors (Lipinski definition) is 0. The van der Waals surface area contributed by atoms with Gasteiger partial charge in [-0.25, -0.2) is 0 Å². The van der Waals surface area contributed by atoms with Gasteiger partial charge in [-0.2, -0.15) is 0 Å². The van der Waals surface area contributed by atoms with Crippen LogP contribution in [0.15, 0.2) is 12.2 Å². The maximum atomic E-state index is 11.2. The lowest BCUT2D eigenvalue weighted by molar-refractivity contribution is -0.170. The van der Waals surface area contributed by atoms with E-state index in [1.54, 1.807) is 0 Å². The number of epoxide rings is 1. The molecule has 3 aliphatic rings. The number of carbonyl (C=O) groups excluding carboxylic acids is 2. The smallest absolute Gasteiger partial charge is 0.303 e. The summed E-state index contributed by atoms with van der Waals surface area (Å²) in [6, 6.07) is 0. The highest BCUT2D eigenvalue weighted by Gasteiger charge is 2.74. The third-order valence-electron chi connectivity index (χ3n) is 4.35. The third-order valence-corrected chi connectivity index (χ3v) is 4.35. The van der Waals surface area contributed by atoms with Crippen molar-refractivity contribution in [3.63, 3.8) is 0 Å². The summed E-state index contributed by atoms with van der Waals surface area (Å²) in [5.74, 6) is -0.698. The molecule has 0 aromatic carbocycles. The van der Waals surface area contributed by atoms with Crippen LogP contribution in [0.25, 0.3) is 0 Å². The van der Waals surface area contributed by atoms with Gasteiger partial charge in [-0.3, -0.25) is 9.59 Å². The predicted octanol–water partition coefficient (Wildman–Crippen LogP) is 1.50. The van der Waals surface area contributed by atoms with Crippen molar-refractivity contribution in [2.24, 2.45) is 0 Å². The van der Waals surface area contributed by atoms with E-state index in [1.165, 1.54) is 13.8 Å². The van der Waals surface area contributed by atoms with E-state index in [0.717, 1.165) is 12.8 Å². The fourth-order valence-corrected chi connectivity index (χ4v) is 3.55. The Kier molecular flexibility index (Phi) is 2.71. The van der Waals surface area contributed by atoms with Crippen LogP contribution in [0.3, 0.4) is 0 Å². The van der Waals surface area contributed by atoms with Crippen LogP contribution in [0.1, 0.15) is 39.5 Å². The van der Waals surface area contributed by atoms with Crippen molar-refractivity contribution < 1.29 is 23.8 Å². The maximum absolute atomic E-state index is 11.2. The quantitative estimate of drug-likeness (QED) is 0.430. The molecule has 5 heteroatoms. The highest BCUT2D eigenvalue weighted by Crippen LogP contribution is 2.63. The summed E-state index contributed by atoms with van der Waals surface area (Å²) >= 11 is 0. The average molecular weight is 266 g/mol. The fourth-order valence-electron chi connectivity index (χ4n) is 3.55. The van der Waals surface area contributed by atoms with Gasteiger partial charge in [0.25, 0.3) is 0 Å². The molecule has 4 atom stereocenters. The Morgan fingerprint density at radius 1 is 1.00 bits per heavy atom. The molecule has 0 amide bonds. The van der Waals surface area contributed by atoms with E-state index in [9.17, 15) is 9.59 Å². The number of ether oxygens (including phenoxy) is 3. The second-order valence-corrected chi connectivity index (χ2v) is 5.67. The van der Waals surface area contributed by atoms with Crippen LogP contribution < -0.4 is 0 Å². The maximum Gasteiger partial charge on any atom is 0.303 e. The molecule has 1 heterocycles. The highest BCUT2D eigenvalue weighted by molar-refractivity contribution is 5.67. The Hall–Kier alpha value is -1.36. The average Bonchev–Trinajstić information content (AvgIpc) is 2.95. The summed E-state index contributed by atoms with van der Waals surface area (Å²) in [6.07, 6.45) is 6.33. The molecule has 0 aromatic heterocycles. The Labute approximate surface area is 111 Å². The molecule has 19 heavy (non-hydrogen) atoms. The normalized spacial score (nSPS) is 42.8. The van der Waals surface area contributed by atoms with Crippen molar-refractivity contribution in [2.75, 3.05) is 0 Å². The molecule has 3 rings (SSSR count). The van der Waals surface area contributed by atoms with Gasteiger partial charge in [-0.05, 0) is 12.8 Å². The first-order chi connectivity index (χ1) is 8.96. The van der Waals surface area contributed by atoms with E-state index in [2.05, 4.69) is 12.2 Å². The zero-order valence-electron chi connectivity index (χ0n) is 11.2. The molecule has 1 aliphatic heterocycles. The van der Waals surface area contributed by atoms with Crippen molar-refractivity contribution in [1.29, 1.82) is 0 Å². The van der Waals surface area contributed by atoms with E-state index < -0.39 is 12.2 Å². The lowest BCUT2D eigenvalue weighted by Crippen LogP contribution is -2.48. The van der Waals surface area contributed by atoms with Crippen LogP contribution >= 0.6 is 0 Å². The highest BCUT2D eigenvalue weighted by atomic mass is 16.6. The van der Waals surface area contributed by atoms with E-state index in [4.69, 9.17) is 14.2 Å². The van der Waals surface area contributed by atoms with E-state index in [0.29, 0.717) is 12.8 Å². The van der Waals surface area contributed by atoms with Crippen LogP contribution in [-0.4, -0.2) is 35.3 Å². The van der Waals surface area contributed by atoms with Crippen LogP contribution in [0.2, 0.25) is 0 Å². The third kappa shape index (κ3) is 1.96. The van der Waals surface area contributed by atoms with Crippen molar-refractivity contribution in [1.82, 2.24) is 0 Å². The first-order valence-corrected chi connectivity index (χ1v) is 6.66. The van der Waals surface area contributed by atoms with Gasteiger partial charge in [0.2, 0.25) is 0 Å². The molecule has 0 aromatic rings. The van der Waals surface area contributed by atoms with Gasteiger partial charge in [0, 0.05) is 26.7 Å². The molecule has 1 saturated heterocycles. The minimum Gasteiger partial charge on any atom is -0.458 e. The van der Waals surface area contributed by atoms with E-state index >= 15 is 0 Å². The second kappa shape index (κ2) is 4.07. The van der Waals surface area contributed by atoms with Crippen molar-refractivity contribution in [2.45, 2.75) is 62.9 Å². The SMILES string of the molecule is CC(=O)O[C@H]1C[C@@]23CC=CC[C@]2(C[C@H]1OC(C)=O)O3. The molecule has 0 unspecified atom stereocenters.